The van der Waals surface area contributed by atoms with Gasteiger partial charge in [-0.2, -0.15) is 0 Å². The highest BCUT2D eigenvalue weighted by Gasteiger charge is 2.32. The van der Waals surface area contributed by atoms with Gasteiger partial charge in [0.25, 0.3) is 0 Å². The molecule has 6 heteroatoms. The second-order valence-corrected chi connectivity index (χ2v) is 9.42. The van der Waals surface area contributed by atoms with Gasteiger partial charge in [0.05, 0.1) is 17.6 Å². The Morgan fingerprint density at radius 2 is 1.95 bits per heavy atom. The molecule has 2 aliphatic rings. The summed E-state index contributed by atoms with van der Waals surface area (Å²) in [5.74, 6) is 1.37. The summed E-state index contributed by atoms with van der Waals surface area (Å²) in [4.78, 5) is 4.54. The summed E-state index contributed by atoms with van der Waals surface area (Å²) in [6, 6.07) is 0.0981. The summed E-state index contributed by atoms with van der Waals surface area (Å²) in [7, 11) is -2.86. The van der Waals surface area contributed by atoms with Crippen molar-refractivity contribution in [3.05, 3.63) is 0 Å². The van der Waals surface area contributed by atoms with E-state index < -0.39 is 9.84 Å². The van der Waals surface area contributed by atoms with E-state index in [1.165, 1.54) is 12.8 Å². The van der Waals surface area contributed by atoms with E-state index in [-0.39, 0.29) is 17.9 Å². The molecular weight excluding hydrogens is 300 g/mol. The quantitative estimate of drug-likeness (QED) is 0.753. The average Bonchev–Trinajstić information content (AvgIpc) is 2.81. The van der Waals surface area contributed by atoms with E-state index in [1.807, 2.05) is 0 Å². The van der Waals surface area contributed by atoms with Crippen LogP contribution >= 0.6 is 0 Å². The molecule has 22 heavy (non-hydrogen) atoms. The first kappa shape index (κ1) is 18.2. The Balaban J connectivity index is 1.82. The molecule has 5 nitrogen and oxygen atoms in total. The van der Waals surface area contributed by atoms with Crippen LogP contribution in [0, 0.1) is 5.92 Å². The molecule has 0 spiro atoms. The summed E-state index contributed by atoms with van der Waals surface area (Å²) >= 11 is 0. The first-order valence-corrected chi connectivity index (χ1v) is 10.6. The highest BCUT2D eigenvalue weighted by molar-refractivity contribution is 7.91. The predicted octanol–water partition coefficient (Wildman–Crippen LogP) is 0.978. The fourth-order valence-electron chi connectivity index (χ4n) is 3.64. The second kappa shape index (κ2) is 8.08. The van der Waals surface area contributed by atoms with E-state index >= 15 is 0 Å². The van der Waals surface area contributed by atoms with Crippen molar-refractivity contribution in [2.45, 2.75) is 51.7 Å². The summed E-state index contributed by atoms with van der Waals surface area (Å²) < 4.78 is 23.4. The lowest BCUT2D eigenvalue weighted by Crippen LogP contribution is -2.46. The highest BCUT2D eigenvalue weighted by Crippen LogP contribution is 2.19. The number of aliphatic hydroxyl groups excluding tert-OH is 1. The number of hydrogen-bond donors (Lipinski definition) is 1. The monoisotopic (exact) mass is 332 g/mol. The Hall–Kier alpha value is -0.170. The largest absolute Gasteiger partial charge is 0.390 e. The van der Waals surface area contributed by atoms with Crippen LogP contribution in [0.2, 0.25) is 0 Å². The van der Waals surface area contributed by atoms with E-state index in [0.717, 1.165) is 38.4 Å². The van der Waals surface area contributed by atoms with Crippen LogP contribution in [0.5, 0.6) is 0 Å². The van der Waals surface area contributed by atoms with Gasteiger partial charge in [0.2, 0.25) is 0 Å². The molecule has 0 radical (unpaired) electrons. The summed E-state index contributed by atoms with van der Waals surface area (Å²) in [6.45, 7) is 8.72. The van der Waals surface area contributed by atoms with Crippen molar-refractivity contribution in [1.82, 2.24) is 9.80 Å². The van der Waals surface area contributed by atoms with Crippen LogP contribution in [0.1, 0.15) is 39.5 Å². The Kier molecular flexibility index (Phi) is 6.68. The van der Waals surface area contributed by atoms with Crippen molar-refractivity contribution >= 4 is 9.84 Å². The van der Waals surface area contributed by atoms with Gasteiger partial charge in [0.15, 0.2) is 9.84 Å². The summed E-state index contributed by atoms with van der Waals surface area (Å²) in [5, 5.41) is 10.4. The number of aliphatic hydroxyl groups is 1. The van der Waals surface area contributed by atoms with Gasteiger partial charge in [-0.15, -0.1) is 0 Å². The number of piperidine rings is 1. The lowest BCUT2D eigenvalue weighted by atomic mass is 9.99. The van der Waals surface area contributed by atoms with Gasteiger partial charge in [0.1, 0.15) is 0 Å². The maximum atomic E-state index is 11.7. The van der Waals surface area contributed by atoms with Gasteiger partial charge in [-0.25, -0.2) is 8.42 Å². The summed E-state index contributed by atoms with van der Waals surface area (Å²) in [5.41, 5.74) is 0. The minimum Gasteiger partial charge on any atom is -0.390 e. The minimum absolute atomic E-state index is 0.0981. The van der Waals surface area contributed by atoms with Crippen molar-refractivity contribution in [2.75, 3.05) is 44.2 Å². The molecule has 2 heterocycles. The van der Waals surface area contributed by atoms with Crippen molar-refractivity contribution in [1.29, 1.82) is 0 Å². The van der Waals surface area contributed by atoms with E-state index in [9.17, 15) is 13.5 Å². The minimum atomic E-state index is -2.86. The van der Waals surface area contributed by atoms with Gasteiger partial charge < -0.3 is 10.0 Å². The molecular formula is C16H32N2O3S. The second-order valence-electron chi connectivity index (χ2n) is 7.19. The maximum absolute atomic E-state index is 11.7. The number of hydrogen-bond acceptors (Lipinski definition) is 5. The molecule has 0 saturated carbocycles. The molecule has 0 aromatic heterocycles. The molecule has 0 aromatic rings. The molecule has 0 amide bonds. The number of sulfone groups is 1. The lowest BCUT2D eigenvalue weighted by Gasteiger charge is -2.34. The lowest BCUT2D eigenvalue weighted by molar-refractivity contribution is 0.0509. The first-order chi connectivity index (χ1) is 10.4. The van der Waals surface area contributed by atoms with E-state index in [1.54, 1.807) is 0 Å². The van der Waals surface area contributed by atoms with Crippen molar-refractivity contribution in [2.24, 2.45) is 5.92 Å². The first-order valence-electron chi connectivity index (χ1n) is 8.74. The van der Waals surface area contributed by atoms with E-state index in [0.29, 0.717) is 18.8 Å². The average molecular weight is 333 g/mol. The van der Waals surface area contributed by atoms with Gasteiger partial charge in [-0.1, -0.05) is 13.8 Å². The molecule has 2 fully saturated rings. The fraction of sp³-hybridized carbons (Fsp3) is 1.00. The number of nitrogens with zero attached hydrogens (tertiary/aromatic N) is 2. The van der Waals surface area contributed by atoms with Crippen molar-refractivity contribution in [3.8, 4) is 0 Å². The third kappa shape index (κ3) is 5.48. The maximum Gasteiger partial charge on any atom is 0.151 e. The Bertz CT molecular complexity index is 433. The Morgan fingerprint density at radius 1 is 1.27 bits per heavy atom. The van der Waals surface area contributed by atoms with Gasteiger partial charge in [-0.3, -0.25) is 4.90 Å². The highest BCUT2D eigenvalue weighted by atomic mass is 32.2. The van der Waals surface area contributed by atoms with Gasteiger partial charge >= 0.3 is 0 Å². The zero-order valence-corrected chi connectivity index (χ0v) is 14.9. The number of β-amino-alcohol motifs (C(OH)–C–C–N with tert-alkyl or cyclic N) is 1. The van der Waals surface area contributed by atoms with E-state index in [4.69, 9.17) is 0 Å². The Labute approximate surface area is 135 Å². The zero-order valence-electron chi connectivity index (χ0n) is 14.1. The molecule has 0 aliphatic carbocycles. The Morgan fingerprint density at radius 3 is 2.50 bits per heavy atom. The van der Waals surface area contributed by atoms with Crippen LogP contribution in [-0.4, -0.2) is 79.7 Å². The molecule has 1 N–H and O–H groups in total. The topological polar surface area (TPSA) is 60.9 Å². The van der Waals surface area contributed by atoms with Gasteiger partial charge in [-0.05, 0) is 51.2 Å². The van der Waals surface area contributed by atoms with Crippen molar-refractivity contribution < 1.29 is 13.5 Å². The van der Waals surface area contributed by atoms with Crippen LogP contribution in [0.4, 0.5) is 0 Å². The van der Waals surface area contributed by atoms with Crippen LogP contribution in [0.15, 0.2) is 0 Å². The molecule has 130 valence electrons. The standard InChI is InChI=1S/C16H32N2O3S/c1-3-7-18(15-6-10-22(20,21)13-15)12-16(19)11-17-8-4-14(2)5-9-17/h14-16,19H,3-13H2,1-2H3/t15-,16+/m0/s1. The molecule has 0 unspecified atom stereocenters. The summed E-state index contributed by atoms with van der Waals surface area (Å²) in [6.07, 6.45) is 3.75. The molecule has 0 bridgehead atoms. The van der Waals surface area contributed by atoms with Crippen LogP contribution in [0.3, 0.4) is 0 Å². The zero-order chi connectivity index (χ0) is 16.2. The van der Waals surface area contributed by atoms with E-state index in [2.05, 4.69) is 23.6 Å². The third-order valence-electron chi connectivity index (χ3n) is 5.03. The van der Waals surface area contributed by atoms with Crippen LogP contribution < -0.4 is 0 Å². The molecule has 2 aliphatic heterocycles. The smallest absolute Gasteiger partial charge is 0.151 e. The molecule has 2 saturated heterocycles. The number of likely N-dealkylation sites (tertiary alicyclic amines) is 1. The molecule has 2 atom stereocenters. The normalized spacial score (nSPS) is 28.3. The number of rotatable bonds is 7. The predicted molar refractivity (Wildman–Crippen MR) is 89.8 cm³/mol. The fourth-order valence-corrected chi connectivity index (χ4v) is 5.41. The van der Waals surface area contributed by atoms with Crippen molar-refractivity contribution in [3.63, 3.8) is 0 Å². The molecule has 2 rings (SSSR count). The van der Waals surface area contributed by atoms with Crippen LogP contribution in [0.25, 0.3) is 0 Å². The van der Waals surface area contributed by atoms with Crippen LogP contribution in [-0.2, 0) is 9.84 Å². The third-order valence-corrected chi connectivity index (χ3v) is 6.78. The molecule has 0 aromatic carbocycles. The SMILES string of the molecule is CCCN(C[C@H](O)CN1CCC(C)CC1)[C@H]1CCS(=O)(=O)C1. The van der Waals surface area contributed by atoms with Gasteiger partial charge in [0, 0.05) is 19.1 Å².